The number of piperazine rings is 1. The van der Waals surface area contributed by atoms with Crippen molar-refractivity contribution in [1.82, 2.24) is 15.2 Å². The molecule has 0 radical (unpaired) electrons. The fraction of sp³-hybridized carbons (Fsp3) is 0.706. The van der Waals surface area contributed by atoms with Crippen molar-refractivity contribution in [2.24, 2.45) is 5.92 Å². The molecule has 0 saturated carbocycles. The molecule has 1 atom stereocenters. The Kier molecular flexibility index (Phi) is 5.81. The van der Waals surface area contributed by atoms with Crippen LogP contribution in [0.1, 0.15) is 46.2 Å². The summed E-state index contributed by atoms with van der Waals surface area (Å²) in [5.41, 5.74) is 1.42. The monoisotopic (exact) mass is 353 g/mol. The third-order valence-electron chi connectivity index (χ3n) is 4.94. The maximum atomic E-state index is 4.56. The minimum atomic E-state index is 0.265. The molecule has 0 amide bonds. The van der Waals surface area contributed by atoms with E-state index in [1.54, 1.807) is 0 Å². The number of nitrogens with zero attached hydrogens (tertiary/aromatic N) is 2. The molecule has 1 N–H and O–H groups in total. The third-order valence-corrected chi connectivity index (χ3v) is 5.41. The Morgan fingerprint density at radius 2 is 2.10 bits per heavy atom. The predicted molar refractivity (Wildman–Crippen MR) is 92.3 cm³/mol. The summed E-state index contributed by atoms with van der Waals surface area (Å²) in [5, 5.41) is 3.82. The molecule has 1 aromatic heterocycles. The summed E-state index contributed by atoms with van der Waals surface area (Å²) in [4.78, 5) is 7.19. The normalized spacial score (nSPS) is 22.7. The van der Waals surface area contributed by atoms with Crippen LogP contribution >= 0.6 is 15.9 Å². The minimum absolute atomic E-state index is 0.265. The van der Waals surface area contributed by atoms with E-state index in [1.165, 1.54) is 12.8 Å². The first kappa shape index (κ1) is 16.9. The third kappa shape index (κ3) is 4.05. The van der Waals surface area contributed by atoms with Crippen molar-refractivity contribution in [2.45, 2.75) is 58.7 Å². The average molecular weight is 354 g/mol. The summed E-state index contributed by atoms with van der Waals surface area (Å²) in [6, 6.07) is 4.80. The van der Waals surface area contributed by atoms with Gasteiger partial charge in [-0.25, -0.2) is 0 Å². The Balaban J connectivity index is 2.15. The van der Waals surface area contributed by atoms with Gasteiger partial charge in [0, 0.05) is 41.9 Å². The van der Waals surface area contributed by atoms with Crippen LogP contribution in [0.4, 0.5) is 0 Å². The summed E-state index contributed by atoms with van der Waals surface area (Å²) in [7, 11) is 0. The molecule has 4 heteroatoms. The molecule has 3 nitrogen and oxygen atoms in total. The molecule has 2 rings (SSSR count). The highest BCUT2D eigenvalue weighted by Crippen LogP contribution is 2.26. The van der Waals surface area contributed by atoms with Gasteiger partial charge in [-0.3, -0.25) is 9.88 Å². The van der Waals surface area contributed by atoms with E-state index in [-0.39, 0.29) is 5.54 Å². The highest BCUT2D eigenvalue weighted by molar-refractivity contribution is 9.10. The summed E-state index contributed by atoms with van der Waals surface area (Å²) in [6.07, 6.45) is 4.26. The van der Waals surface area contributed by atoms with E-state index >= 15 is 0 Å². The lowest BCUT2D eigenvalue weighted by Gasteiger charge is -2.48. The number of halogens is 1. The maximum Gasteiger partial charge on any atom is 0.0544 e. The van der Waals surface area contributed by atoms with Crippen molar-refractivity contribution in [3.05, 3.63) is 28.5 Å². The standard InChI is InChI=1S/C17H28BrN3/c1-5-17(6-2)12-21(16(10-20-17)13(3)4)11-15-8-7-14(18)9-19-15/h7-9,13,16,20H,5-6,10-12H2,1-4H3. The van der Waals surface area contributed by atoms with Gasteiger partial charge in [0.15, 0.2) is 0 Å². The van der Waals surface area contributed by atoms with Crippen LogP contribution in [0, 0.1) is 5.92 Å². The number of nitrogens with one attached hydrogen (secondary N) is 1. The van der Waals surface area contributed by atoms with Crippen LogP contribution < -0.4 is 5.32 Å². The molecule has 1 aromatic rings. The van der Waals surface area contributed by atoms with Gasteiger partial charge < -0.3 is 5.32 Å². The van der Waals surface area contributed by atoms with Crippen molar-refractivity contribution in [2.75, 3.05) is 13.1 Å². The van der Waals surface area contributed by atoms with Gasteiger partial charge in [0.25, 0.3) is 0 Å². The van der Waals surface area contributed by atoms with Gasteiger partial charge in [-0.15, -0.1) is 0 Å². The predicted octanol–water partition coefficient (Wildman–Crippen LogP) is 3.83. The number of pyridine rings is 1. The fourth-order valence-electron chi connectivity index (χ4n) is 3.27. The Hall–Kier alpha value is -0.450. The van der Waals surface area contributed by atoms with E-state index in [9.17, 15) is 0 Å². The van der Waals surface area contributed by atoms with E-state index < -0.39 is 0 Å². The lowest BCUT2D eigenvalue weighted by atomic mass is 9.86. The largest absolute Gasteiger partial charge is 0.308 e. The smallest absolute Gasteiger partial charge is 0.0544 e. The number of hydrogen-bond donors (Lipinski definition) is 1. The van der Waals surface area contributed by atoms with Gasteiger partial charge in [0.2, 0.25) is 0 Å². The molecule has 0 aliphatic carbocycles. The quantitative estimate of drug-likeness (QED) is 0.871. The molecule has 21 heavy (non-hydrogen) atoms. The van der Waals surface area contributed by atoms with Gasteiger partial charge in [0.05, 0.1) is 5.69 Å². The topological polar surface area (TPSA) is 28.2 Å². The van der Waals surface area contributed by atoms with E-state index in [2.05, 4.69) is 71.0 Å². The Morgan fingerprint density at radius 1 is 1.38 bits per heavy atom. The highest BCUT2D eigenvalue weighted by atomic mass is 79.9. The SMILES string of the molecule is CCC1(CC)CN(Cc2ccc(Br)cn2)C(C(C)C)CN1. The fourth-order valence-corrected chi connectivity index (χ4v) is 3.51. The van der Waals surface area contributed by atoms with Crippen molar-refractivity contribution in [3.63, 3.8) is 0 Å². The molecule has 1 saturated heterocycles. The summed E-state index contributed by atoms with van der Waals surface area (Å²) in [5.74, 6) is 0.652. The van der Waals surface area contributed by atoms with E-state index in [0.29, 0.717) is 12.0 Å². The zero-order valence-electron chi connectivity index (χ0n) is 13.7. The second-order valence-corrected chi connectivity index (χ2v) is 7.47. The van der Waals surface area contributed by atoms with Gasteiger partial charge >= 0.3 is 0 Å². The molecular weight excluding hydrogens is 326 g/mol. The van der Waals surface area contributed by atoms with Gasteiger partial charge in [-0.05, 0) is 46.8 Å². The second-order valence-electron chi connectivity index (χ2n) is 6.55. The van der Waals surface area contributed by atoms with Crippen LogP contribution in [0.25, 0.3) is 0 Å². The Bertz CT molecular complexity index is 440. The Labute approximate surface area is 137 Å². The first-order chi connectivity index (χ1) is 9.99. The minimum Gasteiger partial charge on any atom is -0.308 e. The van der Waals surface area contributed by atoms with Crippen molar-refractivity contribution in [3.8, 4) is 0 Å². The number of aromatic nitrogens is 1. The summed E-state index contributed by atoms with van der Waals surface area (Å²) < 4.78 is 1.04. The summed E-state index contributed by atoms with van der Waals surface area (Å²) in [6.45, 7) is 12.4. The zero-order valence-corrected chi connectivity index (χ0v) is 15.3. The summed E-state index contributed by atoms with van der Waals surface area (Å²) >= 11 is 3.46. The van der Waals surface area contributed by atoms with Crippen molar-refractivity contribution < 1.29 is 0 Å². The first-order valence-corrected chi connectivity index (χ1v) is 8.88. The van der Waals surface area contributed by atoms with Gasteiger partial charge in [-0.1, -0.05) is 27.7 Å². The molecule has 2 heterocycles. The molecular formula is C17H28BrN3. The van der Waals surface area contributed by atoms with Crippen LogP contribution in [0.3, 0.4) is 0 Å². The molecule has 118 valence electrons. The molecule has 1 fully saturated rings. The number of rotatable bonds is 5. The zero-order chi connectivity index (χ0) is 15.5. The van der Waals surface area contributed by atoms with Gasteiger partial charge in [-0.2, -0.15) is 0 Å². The van der Waals surface area contributed by atoms with Crippen LogP contribution in [-0.2, 0) is 6.54 Å². The first-order valence-electron chi connectivity index (χ1n) is 8.09. The van der Waals surface area contributed by atoms with Gasteiger partial charge in [0.1, 0.15) is 0 Å². The molecule has 0 bridgehead atoms. The Morgan fingerprint density at radius 3 is 2.62 bits per heavy atom. The van der Waals surface area contributed by atoms with Crippen molar-refractivity contribution >= 4 is 15.9 Å². The highest BCUT2D eigenvalue weighted by Gasteiger charge is 2.37. The molecule has 0 spiro atoms. The maximum absolute atomic E-state index is 4.56. The molecule has 0 aromatic carbocycles. The molecule has 1 aliphatic heterocycles. The van der Waals surface area contributed by atoms with Crippen LogP contribution in [0.2, 0.25) is 0 Å². The molecule has 1 unspecified atom stereocenters. The lowest BCUT2D eigenvalue weighted by Crippen LogP contribution is -2.64. The number of hydrogen-bond acceptors (Lipinski definition) is 3. The lowest BCUT2D eigenvalue weighted by molar-refractivity contribution is 0.0434. The van der Waals surface area contributed by atoms with E-state index in [1.807, 2.05) is 6.20 Å². The van der Waals surface area contributed by atoms with E-state index in [0.717, 1.165) is 29.8 Å². The second kappa shape index (κ2) is 7.21. The van der Waals surface area contributed by atoms with Crippen molar-refractivity contribution in [1.29, 1.82) is 0 Å². The molecule has 1 aliphatic rings. The van der Waals surface area contributed by atoms with Crippen LogP contribution in [0.15, 0.2) is 22.8 Å². The van der Waals surface area contributed by atoms with Crippen LogP contribution in [0.5, 0.6) is 0 Å². The average Bonchev–Trinajstić information content (AvgIpc) is 2.49. The van der Waals surface area contributed by atoms with Crippen LogP contribution in [-0.4, -0.2) is 34.6 Å². The van der Waals surface area contributed by atoms with E-state index in [4.69, 9.17) is 0 Å².